The van der Waals surface area contributed by atoms with Crippen molar-refractivity contribution in [2.75, 3.05) is 38.1 Å². The minimum absolute atomic E-state index is 0.0685. The fourth-order valence-electron chi connectivity index (χ4n) is 3.14. The van der Waals surface area contributed by atoms with Crippen LogP contribution in [0.15, 0.2) is 48.5 Å². The van der Waals surface area contributed by atoms with Crippen LogP contribution in [0.1, 0.15) is 35.3 Å². The topological polar surface area (TPSA) is 35.6 Å². The van der Waals surface area contributed by atoms with E-state index >= 15 is 0 Å². The zero-order valence-corrected chi connectivity index (χ0v) is 16.5. The monoisotopic (exact) mass is 353 g/mol. The summed E-state index contributed by atoms with van der Waals surface area (Å²) in [6.07, 6.45) is 0. The zero-order chi connectivity index (χ0) is 18.9. The lowest BCUT2D eigenvalue weighted by Crippen LogP contribution is -2.43. The Morgan fingerprint density at radius 2 is 1.73 bits per heavy atom. The Labute approximate surface area is 157 Å². The summed E-state index contributed by atoms with van der Waals surface area (Å²) in [4.78, 5) is 17.0. The van der Waals surface area contributed by atoms with Crippen molar-refractivity contribution < 1.29 is 4.79 Å². The van der Waals surface area contributed by atoms with E-state index in [1.807, 2.05) is 63.4 Å². The van der Waals surface area contributed by atoms with Crippen LogP contribution in [-0.4, -0.2) is 44.0 Å². The summed E-state index contributed by atoms with van der Waals surface area (Å²) in [6, 6.07) is 16.3. The number of anilines is 1. The molecule has 140 valence electrons. The minimum Gasteiger partial charge on any atom is -0.369 e. The average Bonchev–Trinajstić information content (AvgIpc) is 2.70. The summed E-state index contributed by atoms with van der Waals surface area (Å²) in [5, 5.41) is 3.37. The standard InChI is InChI=1S/C20H25N3O.C2H6/c1-16-12-18(14-19(13-16)23-10-8-21-9-11-23)20(24)22(2)15-17-6-4-3-5-7-17;1-2/h3-7,12-14,21H,8-11,15H2,1-2H3;1-2H3. The van der Waals surface area contributed by atoms with E-state index < -0.39 is 0 Å². The van der Waals surface area contributed by atoms with Gasteiger partial charge in [0.25, 0.3) is 5.91 Å². The fourth-order valence-corrected chi connectivity index (χ4v) is 3.14. The van der Waals surface area contributed by atoms with Crippen LogP contribution in [0.2, 0.25) is 0 Å². The number of aryl methyl sites for hydroxylation is 1. The lowest BCUT2D eigenvalue weighted by molar-refractivity contribution is 0.0785. The number of carbonyl (C=O) groups excluding carboxylic acids is 1. The molecule has 4 nitrogen and oxygen atoms in total. The maximum absolute atomic E-state index is 12.8. The number of carbonyl (C=O) groups is 1. The lowest BCUT2D eigenvalue weighted by atomic mass is 10.1. The van der Waals surface area contributed by atoms with Crippen molar-refractivity contribution in [3.8, 4) is 0 Å². The average molecular weight is 354 g/mol. The van der Waals surface area contributed by atoms with Gasteiger partial charge in [0.15, 0.2) is 0 Å². The third-order valence-electron chi connectivity index (χ3n) is 4.40. The van der Waals surface area contributed by atoms with Crippen molar-refractivity contribution >= 4 is 11.6 Å². The molecule has 1 fully saturated rings. The van der Waals surface area contributed by atoms with Gasteiger partial charge >= 0.3 is 0 Å². The first-order valence-corrected chi connectivity index (χ1v) is 9.50. The number of benzene rings is 2. The second kappa shape index (κ2) is 9.97. The van der Waals surface area contributed by atoms with Gasteiger partial charge < -0.3 is 15.1 Å². The first-order valence-electron chi connectivity index (χ1n) is 9.50. The second-order valence-corrected chi connectivity index (χ2v) is 6.44. The van der Waals surface area contributed by atoms with Gasteiger partial charge in [-0.1, -0.05) is 44.2 Å². The molecule has 1 amide bonds. The Hall–Kier alpha value is -2.33. The van der Waals surface area contributed by atoms with Crippen LogP contribution >= 0.6 is 0 Å². The molecule has 0 spiro atoms. The molecular formula is C22H31N3O. The van der Waals surface area contributed by atoms with Gasteiger partial charge in [0.05, 0.1) is 0 Å². The van der Waals surface area contributed by atoms with Crippen LogP contribution in [0.3, 0.4) is 0 Å². The largest absolute Gasteiger partial charge is 0.369 e. The van der Waals surface area contributed by atoms with Gasteiger partial charge in [-0.25, -0.2) is 0 Å². The SMILES string of the molecule is CC.Cc1cc(C(=O)N(C)Cc2ccccc2)cc(N2CCNCC2)c1. The zero-order valence-electron chi connectivity index (χ0n) is 16.5. The highest BCUT2D eigenvalue weighted by molar-refractivity contribution is 5.95. The summed E-state index contributed by atoms with van der Waals surface area (Å²) in [7, 11) is 1.86. The Bertz CT molecular complexity index is 694. The Morgan fingerprint density at radius 3 is 2.38 bits per heavy atom. The molecule has 0 aromatic heterocycles. The predicted octanol–water partition coefficient (Wildman–Crippen LogP) is 3.70. The van der Waals surface area contributed by atoms with Crippen LogP contribution < -0.4 is 10.2 Å². The van der Waals surface area contributed by atoms with E-state index in [1.54, 1.807) is 4.90 Å². The molecule has 2 aromatic carbocycles. The number of nitrogens with one attached hydrogen (secondary N) is 1. The van der Waals surface area contributed by atoms with Gasteiger partial charge in [-0.3, -0.25) is 4.79 Å². The summed E-state index contributed by atoms with van der Waals surface area (Å²) in [5.41, 5.74) is 4.18. The molecule has 4 heteroatoms. The highest BCUT2D eigenvalue weighted by Gasteiger charge is 2.16. The molecule has 0 aliphatic carbocycles. The maximum atomic E-state index is 12.8. The molecular weight excluding hydrogens is 322 g/mol. The summed E-state index contributed by atoms with van der Waals surface area (Å²) >= 11 is 0. The van der Waals surface area contributed by atoms with E-state index in [4.69, 9.17) is 0 Å². The van der Waals surface area contributed by atoms with E-state index in [0.29, 0.717) is 6.54 Å². The van der Waals surface area contributed by atoms with Gasteiger partial charge in [-0.15, -0.1) is 0 Å². The molecule has 1 saturated heterocycles. The van der Waals surface area contributed by atoms with Gasteiger partial charge in [0.2, 0.25) is 0 Å². The minimum atomic E-state index is 0.0685. The number of rotatable bonds is 4. The smallest absolute Gasteiger partial charge is 0.253 e. The number of hydrogen-bond acceptors (Lipinski definition) is 3. The molecule has 3 rings (SSSR count). The lowest BCUT2D eigenvalue weighted by Gasteiger charge is -2.30. The molecule has 0 atom stereocenters. The van der Waals surface area contributed by atoms with E-state index in [9.17, 15) is 4.79 Å². The molecule has 0 radical (unpaired) electrons. The van der Waals surface area contributed by atoms with Crippen LogP contribution in [0, 0.1) is 6.92 Å². The van der Waals surface area contributed by atoms with Gasteiger partial charge in [-0.05, 0) is 36.2 Å². The van der Waals surface area contributed by atoms with Crippen molar-refractivity contribution in [3.05, 3.63) is 65.2 Å². The van der Waals surface area contributed by atoms with Gasteiger partial charge in [-0.2, -0.15) is 0 Å². The quantitative estimate of drug-likeness (QED) is 0.910. The van der Waals surface area contributed by atoms with Crippen LogP contribution in [-0.2, 0) is 6.54 Å². The summed E-state index contributed by atoms with van der Waals surface area (Å²) in [6.45, 7) is 10.6. The molecule has 0 bridgehead atoms. The molecule has 2 aromatic rings. The number of hydrogen-bond donors (Lipinski definition) is 1. The van der Waals surface area contributed by atoms with Crippen molar-refractivity contribution in [1.82, 2.24) is 10.2 Å². The molecule has 1 aliphatic rings. The van der Waals surface area contributed by atoms with Crippen molar-refractivity contribution in [3.63, 3.8) is 0 Å². The molecule has 0 saturated carbocycles. The first kappa shape index (κ1) is 20.0. The summed E-state index contributed by atoms with van der Waals surface area (Å²) in [5.74, 6) is 0.0685. The van der Waals surface area contributed by atoms with Gasteiger partial charge in [0.1, 0.15) is 0 Å². The first-order chi connectivity index (χ1) is 12.6. The Kier molecular flexibility index (Phi) is 7.67. The normalized spacial score (nSPS) is 13.6. The van der Waals surface area contributed by atoms with Crippen molar-refractivity contribution in [2.24, 2.45) is 0 Å². The number of piperazine rings is 1. The van der Waals surface area contributed by atoms with Crippen molar-refractivity contribution in [1.29, 1.82) is 0 Å². The van der Waals surface area contributed by atoms with E-state index in [-0.39, 0.29) is 5.91 Å². The van der Waals surface area contributed by atoms with Crippen molar-refractivity contribution in [2.45, 2.75) is 27.3 Å². The number of nitrogens with zero attached hydrogens (tertiary/aromatic N) is 2. The summed E-state index contributed by atoms with van der Waals surface area (Å²) < 4.78 is 0. The van der Waals surface area contributed by atoms with E-state index in [2.05, 4.69) is 23.2 Å². The van der Waals surface area contributed by atoms with Crippen LogP contribution in [0.4, 0.5) is 5.69 Å². The third-order valence-corrected chi connectivity index (χ3v) is 4.40. The second-order valence-electron chi connectivity index (χ2n) is 6.44. The molecule has 1 aliphatic heterocycles. The maximum Gasteiger partial charge on any atom is 0.253 e. The Balaban J connectivity index is 0.00000117. The number of amides is 1. The highest BCUT2D eigenvalue weighted by atomic mass is 16.2. The van der Waals surface area contributed by atoms with Crippen LogP contribution in [0.25, 0.3) is 0 Å². The predicted molar refractivity (Wildman–Crippen MR) is 110 cm³/mol. The van der Waals surface area contributed by atoms with E-state index in [0.717, 1.165) is 48.6 Å². The highest BCUT2D eigenvalue weighted by Crippen LogP contribution is 2.21. The Morgan fingerprint density at radius 1 is 1.08 bits per heavy atom. The molecule has 0 unspecified atom stereocenters. The molecule has 26 heavy (non-hydrogen) atoms. The molecule has 1 heterocycles. The fraction of sp³-hybridized carbons (Fsp3) is 0.409. The third kappa shape index (κ3) is 5.33. The van der Waals surface area contributed by atoms with Gasteiger partial charge in [0, 0.05) is 51.0 Å². The van der Waals surface area contributed by atoms with Crippen LogP contribution in [0.5, 0.6) is 0 Å². The molecule has 1 N–H and O–H groups in total. The van der Waals surface area contributed by atoms with E-state index in [1.165, 1.54) is 0 Å².